The van der Waals surface area contributed by atoms with Crippen molar-refractivity contribution in [3.8, 4) is 0 Å². The fourth-order valence-electron chi connectivity index (χ4n) is 4.95. The largest absolute Gasteiger partial charge is 0.373 e. The summed E-state index contributed by atoms with van der Waals surface area (Å²) in [5.74, 6) is 0.831. The second-order valence-electron chi connectivity index (χ2n) is 9.20. The first-order valence-corrected chi connectivity index (χ1v) is 10.5. The minimum absolute atomic E-state index is 0.0813. The smallest absolute Gasteiger partial charge is 0.123 e. The first-order chi connectivity index (χ1) is 13.4. The number of benzene rings is 1. The standard InChI is InChI=1S/C23H32FN3O/c1-17(2)21-12-23(15-28-22(21)18-4-6-19(24)7-5-18)8-10-27(11-9-23)14-20-13-26(3)16-25-20/h4-7,13,16-17,21-22H,8-12,14-15H2,1-3H3/t21-,22-/m0/s1. The number of rotatable bonds is 4. The van der Waals surface area contributed by atoms with Crippen molar-refractivity contribution >= 4 is 0 Å². The number of likely N-dealkylation sites (tertiary alicyclic amines) is 1. The van der Waals surface area contributed by atoms with Gasteiger partial charge in [0, 0.05) is 19.8 Å². The van der Waals surface area contributed by atoms with E-state index in [1.165, 1.54) is 19.3 Å². The van der Waals surface area contributed by atoms with E-state index in [9.17, 15) is 4.39 Å². The van der Waals surface area contributed by atoms with Crippen LogP contribution in [-0.4, -0.2) is 34.1 Å². The number of aromatic nitrogens is 2. The van der Waals surface area contributed by atoms with E-state index in [0.717, 1.165) is 37.5 Å². The lowest BCUT2D eigenvalue weighted by atomic mass is 9.66. The van der Waals surface area contributed by atoms with Gasteiger partial charge in [-0.1, -0.05) is 26.0 Å². The van der Waals surface area contributed by atoms with Crippen molar-refractivity contribution in [2.75, 3.05) is 19.7 Å². The number of piperidine rings is 1. The minimum Gasteiger partial charge on any atom is -0.373 e. The van der Waals surface area contributed by atoms with Crippen LogP contribution in [0.1, 0.15) is 50.5 Å². The minimum atomic E-state index is -0.183. The van der Waals surface area contributed by atoms with E-state index >= 15 is 0 Å². The quantitative estimate of drug-likeness (QED) is 0.772. The van der Waals surface area contributed by atoms with Crippen LogP contribution >= 0.6 is 0 Å². The molecule has 0 amide bonds. The van der Waals surface area contributed by atoms with Gasteiger partial charge in [-0.15, -0.1) is 0 Å². The summed E-state index contributed by atoms with van der Waals surface area (Å²) in [7, 11) is 2.02. The monoisotopic (exact) mass is 385 g/mol. The molecule has 2 aromatic rings. The molecule has 3 heterocycles. The Bertz CT molecular complexity index is 777. The predicted octanol–water partition coefficient (Wildman–Crippen LogP) is 4.58. The molecule has 0 aliphatic carbocycles. The Labute approximate surface area is 167 Å². The van der Waals surface area contributed by atoms with Crippen molar-refractivity contribution in [1.29, 1.82) is 0 Å². The van der Waals surface area contributed by atoms with Crippen molar-refractivity contribution in [3.05, 3.63) is 53.9 Å². The van der Waals surface area contributed by atoms with Crippen LogP contribution in [0.4, 0.5) is 4.39 Å². The maximum atomic E-state index is 13.3. The summed E-state index contributed by atoms with van der Waals surface area (Å²) >= 11 is 0. The first-order valence-electron chi connectivity index (χ1n) is 10.5. The fraction of sp³-hybridized carbons (Fsp3) is 0.609. The summed E-state index contributed by atoms with van der Waals surface area (Å²) < 4.78 is 21.8. The normalized spacial score (nSPS) is 25.5. The molecule has 5 heteroatoms. The van der Waals surface area contributed by atoms with E-state index in [0.29, 0.717) is 11.8 Å². The van der Waals surface area contributed by atoms with Crippen molar-refractivity contribution in [2.24, 2.45) is 24.3 Å². The average Bonchev–Trinajstić information content (AvgIpc) is 3.09. The molecule has 0 N–H and O–H groups in total. The number of aryl methyl sites for hydroxylation is 1. The number of nitrogens with zero attached hydrogens (tertiary/aromatic N) is 3. The molecular weight excluding hydrogens is 353 g/mol. The third-order valence-electron chi connectivity index (χ3n) is 6.74. The van der Waals surface area contributed by atoms with Crippen LogP contribution in [0.5, 0.6) is 0 Å². The lowest BCUT2D eigenvalue weighted by molar-refractivity contribution is -0.131. The zero-order valence-corrected chi connectivity index (χ0v) is 17.3. The fourth-order valence-corrected chi connectivity index (χ4v) is 4.95. The zero-order valence-electron chi connectivity index (χ0n) is 17.3. The Kier molecular flexibility index (Phi) is 5.57. The number of imidazole rings is 1. The molecule has 0 unspecified atom stereocenters. The molecule has 2 aliphatic heterocycles. The van der Waals surface area contributed by atoms with E-state index in [1.54, 1.807) is 12.1 Å². The van der Waals surface area contributed by atoms with Crippen molar-refractivity contribution in [2.45, 2.75) is 45.8 Å². The van der Waals surface area contributed by atoms with Crippen LogP contribution in [0, 0.1) is 23.1 Å². The lowest BCUT2D eigenvalue weighted by Gasteiger charge is -2.50. The number of ether oxygens (including phenoxy) is 1. The Morgan fingerprint density at radius 1 is 1.21 bits per heavy atom. The first kappa shape index (κ1) is 19.6. The van der Waals surface area contributed by atoms with Gasteiger partial charge in [0.05, 0.1) is 24.7 Å². The van der Waals surface area contributed by atoms with E-state index in [2.05, 4.69) is 29.9 Å². The molecule has 2 aliphatic rings. The number of hydrogen-bond acceptors (Lipinski definition) is 3. The maximum absolute atomic E-state index is 13.3. The van der Waals surface area contributed by atoms with Gasteiger partial charge in [0.25, 0.3) is 0 Å². The summed E-state index contributed by atoms with van der Waals surface area (Å²) in [6, 6.07) is 6.89. The van der Waals surface area contributed by atoms with E-state index in [1.807, 2.05) is 30.1 Å². The van der Waals surface area contributed by atoms with Gasteiger partial charge < -0.3 is 9.30 Å². The number of halogens is 1. The molecule has 28 heavy (non-hydrogen) atoms. The van der Waals surface area contributed by atoms with Gasteiger partial charge in [0.2, 0.25) is 0 Å². The molecule has 0 saturated carbocycles. The van der Waals surface area contributed by atoms with Crippen molar-refractivity contribution < 1.29 is 9.13 Å². The summed E-state index contributed by atoms with van der Waals surface area (Å²) in [4.78, 5) is 6.99. The SMILES string of the molecule is CC(C)[C@@H]1CC2(CCN(Cc3cn(C)cn3)CC2)CO[C@H]1c1ccc(F)cc1. The molecule has 0 bridgehead atoms. The highest BCUT2D eigenvalue weighted by molar-refractivity contribution is 5.20. The summed E-state index contributed by atoms with van der Waals surface area (Å²) in [5, 5.41) is 0. The van der Waals surface area contributed by atoms with Gasteiger partial charge in [0.15, 0.2) is 0 Å². The van der Waals surface area contributed by atoms with Gasteiger partial charge in [-0.3, -0.25) is 4.90 Å². The van der Waals surface area contributed by atoms with E-state index in [-0.39, 0.29) is 17.3 Å². The Morgan fingerprint density at radius 3 is 2.54 bits per heavy atom. The summed E-state index contributed by atoms with van der Waals surface area (Å²) in [6.45, 7) is 8.54. The zero-order chi connectivity index (χ0) is 19.7. The maximum Gasteiger partial charge on any atom is 0.123 e. The molecule has 0 radical (unpaired) electrons. The molecule has 1 aromatic heterocycles. The second kappa shape index (κ2) is 7.96. The lowest BCUT2D eigenvalue weighted by Crippen LogP contribution is -2.47. The van der Waals surface area contributed by atoms with Gasteiger partial charge in [-0.25, -0.2) is 9.37 Å². The van der Waals surface area contributed by atoms with Crippen LogP contribution < -0.4 is 0 Å². The van der Waals surface area contributed by atoms with Crippen LogP contribution in [-0.2, 0) is 18.3 Å². The molecule has 2 atom stereocenters. The topological polar surface area (TPSA) is 30.3 Å². The number of hydrogen-bond donors (Lipinski definition) is 0. The highest BCUT2D eigenvalue weighted by atomic mass is 19.1. The molecule has 4 rings (SSSR count). The second-order valence-corrected chi connectivity index (χ2v) is 9.20. The van der Waals surface area contributed by atoms with E-state index in [4.69, 9.17) is 4.74 Å². The van der Waals surface area contributed by atoms with Crippen LogP contribution in [0.3, 0.4) is 0 Å². The van der Waals surface area contributed by atoms with Gasteiger partial charge in [0.1, 0.15) is 5.82 Å². The molecule has 2 saturated heterocycles. The van der Waals surface area contributed by atoms with Gasteiger partial charge in [-0.05, 0) is 67.3 Å². The summed E-state index contributed by atoms with van der Waals surface area (Å²) in [5.41, 5.74) is 2.55. The third kappa shape index (κ3) is 4.15. The molecular formula is C23H32FN3O. The molecule has 1 aromatic carbocycles. The summed E-state index contributed by atoms with van der Waals surface area (Å²) in [6.07, 6.45) is 7.62. The molecule has 4 nitrogen and oxygen atoms in total. The molecule has 152 valence electrons. The predicted molar refractivity (Wildman–Crippen MR) is 108 cm³/mol. The Morgan fingerprint density at radius 2 is 1.93 bits per heavy atom. The van der Waals surface area contributed by atoms with Crippen LogP contribution in [0.2, 0.25) is 0 Å². The van der Waals surface area contributed by atoms with Gasteiger partial charge in [-0.2, -0.15) is 0 Å². The van der Waals surface area contributed by atoms with Gasteiger partial charge >= 0.3 is 0 Å². The van der Waals surface area contributed by atoms with Crippen molar-refractivity contribution in [3.63, 3.8) is 0 Å². The van der Waals surface area contributed by atoms with E-state index < -0.39 is 0 Å². The van der Waals surface area contributed by atoms with Crippen LogP contribution in [0.15, 0.2) is 36.8 Å². The Hall–Kier alpha value is -1.72. The van der Waals surface area contributed by atoms with Crippen molar-refractivity contribution in [1.82, 2.24) is 14.5 Å². The molecule has 1 spiro atoms. The Balaban J connectivity index is 1.40. The molecule has 2 fully saturated rings. The van der Waals surface area contributed by atoms with Crippen LogP contribution in [0.25, 0.3) is 0 Å². The average molecular weight is 386 g/mol. The third-order valence-corrected chi connectivity index (χ3v) is 6.74. The highest BCUT2D eigenvalue weighted by Crippen LogP contribution is 2.49. The highest BCUT2D eigenvalue weighted by Gasteiger charge is 2.44.